The third kappa shape index (κ3) is 2.24. The lowest BCUT2D eigenvalue weighted by Crippen LogP contribution is -1.89. The summed E-state index contributed by atoms with van der Waals surface area (Å²) in [5.74, 6) is 1.02. The Morgan fingerprint density at radius 1 is 1.05 bits per heavy atom. The summed E-state index contributed by atoms with van der Waals surface area (Å²) in [4.78, 5) is 4.10. The molecule has 3 rings (SSSR count). The SMILES string of the molecule is Nc1noc(-c2ccc(Br)cc2)c1-c1cccnc1. The number of anilines is 1. The maximum absolute atomic E-state index is 5.90. The predicted molar refractivity (Wildman–Crippen MR) is 77.3 cm³/mol. The molecule has 0 saturated heterocycles. The van der Waals surface area contributed by atoms with Crippen molar-refractivity contribution in [1.29, 1.82) is 0 Å². The molecule has 0 amide bonds. The number of benzene rings is 1. The molecular weight excluding hydrogens is 306 g/mol. The Morgan fingerprint density at radius 3 is 2.53 bits per heavy atom. The number of pyridine rings is 1. The molecule has 94 valence electrons. The van der Waals surface area contributed by atoms with E-state index in [1.807, 2.05) is 36.4 Å². The summed E-state index contributed by atoms with van der Waals surface area (Å²) in [6.45, 7) is 0. The molecule has 19 heavy (non-hydrogen) atoms. The molecule has 0 bridgehead atoms. The van der Waals surface area contributed by atoms with Gasteiger partial charge in [0, 0.05) is 28.0 Å². The highest BCUT2D eigenvalue weighted by Crippen LogP contribution is 2.36. The van der Waals surface area contributed by atoms with Crippen LogP contribution in [0.25, 0.3) is 22.5 Å². The van der Waals surface area contributed by atoms with Crippen LogP contribution in [0.3, 0.4) is 0 Å². The van der Waals surface area contributed by atoms with E-state index in [0.717, 1.165) is 21.2 Å². The van der Waals surface area contributed by atoms with Gasteiger partial charge < -0.3 is 10.3 Å². The van der Waals surface area contributed by atoms with Crippen molar-refractivity contribution in [3.05, 3.63) is 53.3 Å². The van der Waals surface area contributed by atoms with Crippen molar-refractivity contribution < 1.29 is 4.52 Å². The van der Waals surface area contributed by atoms with Gasteiger partial charge in [-0.3, -0.25) is 4.98 Å². The number of hydrogen-bond acceptors (Lipinski definition) is 4. The van der Waals surface area contributed by atoms with Gasteiger partial charge in [0.2, 0.25) is 0 Å². The minimum atomic E-state index is 0.367. The molecule has 0 atom stereocenters. The van der Waals surface area contributed by atoms with Gasteiger partial charge in [-0.15, -0.1) is 0 Å². The van der Waals surface area contributed by atoms with Gasteiger partial charge in [-0.05, 0) is 30.3 Å². The lowest BCUT2D eigenvalue weighted by Gasteiger charge is -2.02. The molecule has 0 radical (unpaired) electrons. The van der Waals surface area contributed by atoms with Crippen molar-refractivity contribution in [2.24, 2.45) is 0 Å². The number of nitrogens with zero attached hydrogens (tertiary/aromatic N) is 2. The van der Waals surface area contributed by atoms with E-state index in [9.17, 15) is 0 Å². The van der Waals surface area contributed by atoms with Crippen LogP contribution in [-0.2, 0) is 0 Å². The molecule has 2 aromatic heterocycles. The predicted octanol–water partition coefficient (Wildman–Crippen LogP) is 3.75. The molecule has 0 aliphatic rings. The monoisotopic (exact) mass is 315 g/mol. The second kappa shape index (κ2) is 4.85. The van der Waals surface area contributed by atoms with E-state index < -0.39 is 0 Å². The van der Waals surface area contributed by atoms with Crippen LogP contribution in [0, 0.1) is 0 Å². The van der Waals surface area contributed by atoms with E-state index in [1.54, 1.807) is 12.4 Å². The minimum Gasteiger partial charge on any atom is -0.380 e. The van der Waals surface area contributed by atoms with Crippen molar-refractivity contribution in [2.75, 3.05) is 5.73 Å². The maximum Gasteiger partial charge on any atom is 0.176 e. The zero-order valence-corrected chi connectivity index (χ0v) is 11.5. The van der Waals surface area contributed by atoms with Gasteiger partial charge in [-0.25, -0.2) is 0 Å². The molecule has 2 heterocycles. The van der Waals surface area contributed by atoms with Gasteiger partial charge in [0.25, 0.3) is 0 Å². The molecule has 4 nitrogen and oxygen atoms in total. The first-order valence-corrected chi connectivity index (χ1v) is 6.46. The summed E-state index contributed by atoms with van der Waals surface area (Å²) in [6, 6.07) is 11.6. The van der Waals surface area contributed by atoms with Crippen LogP contribution < -0.4 is 5.73 Å². The fraction of sp³-hybridized carbons (Fsp3) is 0. The van der Waals surface area contributed by atoms with Crippen molar-refractivity contribution in [3.63, 3.8) is 0 Å². The number of nitrogen functional groups attached to an aromatic ring is 1. The lowest BCUT2D eigenvalue weighted by atomic mass is 10.0. The lowest BCUT2D eigenvalue weighted by molar-refractivity contribution is 0.436. The van der Waals surface area contributed by atoms with Crippen molar-refractivity contribution in [1.82, 2.24) is 10.1 Å². The van der Waals surface area contributed by atoms with Gasteiger partial charge in [0.15, 0.2) is 11.6 Å². The molecular formula is C14H10BrN3O. The second-order valence-corrected chi connectivity index (χ2v) is 4.94. The third-order valence-corrected chi connectivity index (χ3v) is 3.30. The number of halogens is 1. The van der Waals surface area contributed by atoms with Crippen molar-refractivity contribution in [2.45, 2.75) is 0 Å². The number of rotatable bonds is 2. The standard InChI is InChI=1S/C14H10BrN3O/c15-11-5-3-9(4-6-11)13-12(14(16)18-19-13)10-2-1-7-17-8-10/h1-8H,(H2,16,18). The summed E-state index contributed by atoms with van der Waals surface area (Å²) >= 11 is 3.41. The van der Waals surface area contributed by atoms with Crippen LogP contribution in [-0.4, -0.2) is 10.1 Å². The molecule has 0 saturated carbocycles. The van der Waals surface area contributed by atoms with Crippen LogP contribution >= 0.6 is 15.9 Å². The fourth-order valence-corrected chi connectivity index (χ4v) is 2.15. The van der Waals surface area contributed by atoms with Crippen molar-refractivity contribution in [3.8, 4) is 22.5 Å². The highest BCUT2D eigenvalue weighted by molar-refractivity contribution is 9.10. The van der Waals surface area contributed by atoms with Gasteiger partial charge >= 0.3 is 0 Å². The first-order valence-electron chi connectivity index (χ1n) is 5.67. The smallest absolute Gasteiger partial charge is 0.176 e. The average Bonchev–Trinajstić information content (AvgIpc) is 2.82. The van der Waals surface area contributed by atoms with Gasteiger partial charge in [0.1, 0.15) is 0 Å². The Kier molecular flexibility index (Phi) is 3.05. The van der Waals surface area contributed by atoms with Gasteiger partial charge in [0.05, 0.1) is 5.56 Å². The van der Waals surface area contributed by atoms with Crippen LogP contribution in [0.1, 0.15) is 0 Å². The average molecular weight is 316 g/mol. The normalized spacial score (nSPS) is 10.6. The van der Waals surface area contributed by atoms with E-state index in [2.05, 4.69) is 26.1 Å². The highest BCUT2D eigenvalue weighted by Gasteiger charge is 2.17. The van der Waals surface area contributed by atoms with Crippen LogP contribution in [0.15, 0.2) is 57.8 Å². The summed E-state index contributed by atoms with van der Waals surface area (Å²) in [5, 5.41) is 3.86. The molecule has 3 aromatic rings. The van der Waals surface area contributed by atoms with Crippen LogP contribution in [0.5, 0.6) is 0 Å². The fourth-order valence-electron chi connectivity index (χ4n) is 1.89. The summed E-state index contributed by atoms with van der Waals surface area (Å²) < 4.78 is 6.36. The van der Waals surface area contributed by atoms with Crippen molar-refractivity contribution >= 4 is 21.7 Å². The van der Waals surface area contributed by atoms with E-state index in [1.165, 1.54) is 0 Å². The van der Waals surface area contributed by atoms with E-state index in [-0.39, 0.29) is 0 Å². The molecule has 0 aliphatic heterocycles. The largest absolute Gasteiger partial charge is 0.380 e. The van der Waals surface area contributed by atoms with Crippen LogP contribution in [0.4, 0.5) is 5.82 Å². The van der Waals surface area contributed by atoms with E-state index >= 15 is 0 Å². The Morgan fingerprint density at radius 2 is 1.84 bits per heavy atom. The zero-order valence-electron chi connectivity index (χ0n) is 9.88. The van der Waals surface area contributed by atoms with Gasteiger partial charge in [-0.1, -0.05) is 27.2 Å². The molecule has 0 spiro atoms. The molecule has 0 aliphatic carbocycles. The van der Waals surface area contributed by atoms with Gasteiger partial charge in [-0.2, -0.15) is 0 Å². The first kappa shape index (κ1) is 11.9. The number of aromatic nitrogens is 2. The second-order valence-electron chi connectivity index (χ2n) is 4.02. The summed E-state index contributed by atoms with van der Waals surface area (Å²) in [7, 11) is 0. The Labute approximate surface area is 118 Å². The highest BCUT2D eigenvalue weighted by atomic mass is 79.9. The topological polar surface area (TPSA) is 64.9 Å². The van der Waals surface area contributed by atoms with E-state index in [4.69, 9.17) is 10.3 Å². The molecule has 0 fully saturated rings. The molecule has 2 N–H and O–H groups in total. The first-order chi connectivity index (χ1) is 9.25. The maximum atomic E-state index is 5.90. The Balaban J connectivity index is 2.16. The number of nitrogens with two attached hydrogens (primary N) is 1. The molecule has 1 aromatic carbocycles. The summed E-state index contributed by atoms with van der Waals surface area (Å²) in [6.07, 6.45) is 3.46. The Hall–Kier alpha value is -2.14. The third-order valence-electron chi connectivity index (χ3n) is 2.78. The quantitative estimate of drug-likeness (QED) is 0.782. The zero-order chi connectivity index (χ0) is 13.2. The Bertz CT molecular complexity index is 692. The number of hydrogen-bond donors (Lipinski definition) is 1. The molecule has 5 heteroatoms. The van der Waals surface area contributed by atoms with E-state index in [0.29, 0.717) is 11.6 Å². The van der Waals surface area contributed by atoms with Crippen LogP contribution in [0.2, 0.25) is 0 Å². The molecule has 0 unspecified atom stereocenters. The minimum absolute atomic E-state index is 0.367. The summed E-state index contributed by atoms with van der Waals surface area (Å²) in [5.41, 5.74) is 8.48.